The molecule has 3 aromatic rings. The van der Waals surface area contributed by atoms with Gasteiger partial charge >= 0.3 is 0 Å². The van der Waals surface area contributed by atoms with E-state index in [1.165, 1.54) is 5.56 Å². The van der Waals surface area contributed by atoms with Crippen molar-refractivity contribution in [2.75, 3.05) is 0 Å². The molecule has 2 heterocycles. The van der Waals surface area contributed by atoms with E-state index in [1.807, 2.05) is 76.4 Å². The largest absolute Gasteiger partial charge is 0.442 e. The van der Waals surface area contributed by atoms with Crippen molar-refractivity contribution in [1.82, 2.24) is 10.3 Å². The Morgan fingerprint density at radius 2 is 1.68 bits per heavy atom. The van der Waals surface area contributed by atoms with Gasteiger partial charge in [-0.1, -0.05) is 68.0 Å². The van der Waals surface area contributed by atoms with Crippen LogP contribution in [0.5, 0.6) is 5.75 Å². The SMILES string of the molecule is C=C(NC(=O)c1ccncc1C)Oc1ccc(C2=CC(C)N=C2)cc1.CC.Cc1ccccc1. The molecule has 4 rings (SSSR count). The van der Waals surface area contributed by atoms with Crippen molar-refractivity contribution in [2.45, 2.75) is 40.7 Å². The number of benzene rings is 2. The van der Waals surface area contributed by atoms with E-state index in [0.29, 0.717) is 11.3 Å². The molecule has 0 spiro atoms. The van der Waals surface area contributed by atoms with Gasteiger partial charge in [-0.05, 0) is 62.2 Å². The number of aliphatic imine (C=N–C) groups is 1. The Balaban J connectivity index is 0.000000384. The highest BCUT2D eigenvalue weighted by molar-refractivity contribution is 6.11. The third kappa shape index (κ3) is 8.17. The van der Waals surface area contributed by atoms with Gasteiger partial charge in [0.2, 0.25) is 0 Å². The lowest BCUT2D eigenvalue weighted by Gasteiger charge is -2.11. The van der Waals surface area contributed by atoms with E-state index in [1.54, 1.807) is 18.5 Å². The second-order valence-corrected chi connectivity index (χ2v) is 7.49. The number of aryl methyl sites for hydroxylation is 2. The third-order valence-electron chi connectivity index (χ3n) is 4.76. The molecule has 176 valence electrons. The van der Waals surface area contributed by atoms with Crippen molar-refractivity contribution in [3.05, 3.63) is 114 Å². The van der Waals surface area contributed by atoms with Crippen LogP contribution in [0.1, 0.15) is 47.8 Å². The summed E-state index contributed by atoms with van der Waals surface area (Å²) >= 11 is 0. The molecule has 1 unspecified atom stereocenters. The van der Waals surface area contributed by atoms with Crippen molar-refractivity contribution < 1.29 is 9.53 Å². The van der Waals surface area contributed by atoms with Crippen molar-refractivity contribution in [1.29, 1.82) is 0 Å². The number of nitrogens with zero attached hydrogens (tertiary/aromatic N) is 2. The number of rotatable bonds is 5. The summed E-state index contributed by atoms with van der Waals surface area (Å²) in [6.45, 7) is 13.7. The number of nitrogens with one attached hydrogen (secondary N) is 1. The summed E-state index contributed by atoms with van der Waals surface area (Å²) in [7, 11) is 0. The number of carbonyl (C=O) groups excluding carboxylic acids is 1. The average Bonchev–Trinajstić information content (AvgIpc) is 3.28. The number of allylic oxidation sites excluding steroid dienone is 1. The quantitative estimate of drug-likeness (QED) is 0.444. The first-order chi connectivity index (χ1) is 16.4. The Labute approximate surface area is 202 Å². The van der Waals surface area contributed by atoms with Crippen LogP contribution in [0.4, 0.5) is 0 Å². The number of carbonyl (C=O) groups is 1. The molecule has 0 bridgehead atoms. The number of hydrogen-bond donors (Lipinski definition) is 1. The fourth-order valence-corrected chi connectivity index (χ4v) is 3.05. The smallest absolute Gasteiger partial charge is 0.258 e. The van der Waals surface area contributed by atoms with Crippen LogP contribution in [0, 0.1) is 13.8 Å². The molecule has 5 heteroatoms. The van der Waals surface area contributed by atoms with Crippen LogP contribution in [0.15, 0.2) is 96.6 Å². The van der Waals surface area contributed by atoms with E-state index in [9.17, 15) is 4.79 Å². The summed E-state index contributed by atoms with van der Waals surface area (Å²) in [6.07, 6.45) is 7.19. The number of amides is 1. The number of pyridine rings is 1. The molecule has 0 aliphatic carbocycles. The van der Waals surface area contributed by atoms with E-state index < -0.39 is 0 Å². The lowest BCUT2D eigenvalue weighted by atomic mass is 10.1. The molecule has 1 atom stereocenters. The Morgan fingerprint density at radius 1 is 1.00 bits per heavy atom. The van der Waals surface area contributed by atoms with Gasteiger partial charge in [0.25, 0.3) is 5.91 Å². The Hall–Kier alpha value is -3.99. The fourth-order valence-electron chi connectivity index (χ4n) is 3.05. The van der Waals surface area contributed by atoms with Crippen molar-refractivity contribution in [3.63, 3.8) is 0 Å². The minimum absolute atomic E-state index is 0.171. The monoisotopic (exact) mass is 455 g/mol. The van der Waals surface area contributed by atoms with Crippen LogP contribution in [-0.2, 0) is 0 Å². The molecule has 34 heavy (non-hydrogen) atoms. The van der Waals surface area contributed by atoms with Crippen molar-refractivity contribution >= 4 is 17.7 Å². The van der Waals surface area contributed by atoms with Gasteiger partial charge in [-0.25, -0.2) is 0 Å². The zero-order chi connectivity index (χ0) is 24.9. The summed E-state index contributed by atoms with van der Waals surface area (Å²) in [5.74, 6) is 0.496. The minimum Gasteiger partial charge on any atom is -0.442 e. The normalized spacial score (nSPS) is 13.4. The molecule has 2 aromatic carbocycles. The first kappa shape index (κ1) is 26.3. The van der Waals surface area contributed by atoms with Gasteiger partial charge in [0.15, 0.2) is 5.88 Å². The van der Waals surface area contributed by atoms with Gasteiger partial charge in [0.05, 0.1) is 6.04 Å². The minimum atomic E-state index is -0.275. The summed E-state index contributed by atoms with van der Waals surface area (Å²) in [5.41, 5.74) is 4.82. The predicted octanol–water partition coefficient (Wildman–Crippen LogP) is 6.55. The molecule has 1 N–H and O–H groups in total. The van der Waals surface area contributed by atoms with E-state index in [2.05, 4.69) is 47.0 Å². The second-order valence-electron chi connectivity index (χ2n) is 7.49. The average molecular weight is 456 g/mol. The first-order valence-electron chi connectivity index (χ1n) is 11.4. The standard InChI is InChI=1S/C20H19N3O2.C7H8.C2H6/c1-13-11-21-9-8-19(13)20(24)23-15(3)25-18-6-4-16(5-7-18)17-10-14(2)22-12-17;1-7-5-3-2-4-6-7;1-2/h4-12,14H,3H2,1-2H3,(H,23,24);2-6H,1H3;1-2H3. The third-order valence-corrected chi connectivity index (χ3v) is 4.76. The summed E-state index contributed by atoms with van der Waals surface area (Å²) in [5, 5.41) is 2.65. The molecule has 1 aromatic heterocycles. The van der Waals surface area contributed by atoms with Crippen LogP contribution in [0.3, 0.4) is 0 Å². The summed E-state index contributed by atoms with van der Waals surface area (Å²) in [6, 6.07) is 19.7. The van der Waals surface area contributed by atoms with Gasteiger partial charge in [0, 0.05) is 24.2 Å². The highest BCUT2D eigenvalue weighted by Gasteiger charge is 2.11. The number of hydrogen-bond acceptors (Lipinski definition) is 4. The maximum Gasteiger partial charge on any atom is 0.258 e. The lowest BCUT2D eigenvalue weighted by molar-refractivity contribution is 0.0949. The topological polar surface area (TPSA) is 63.6 Å². The molecule has 0 saturated carbocycles. The molecule has 5 nitrogen and oxygen atoms in total. The molecule has 0 fully saturated rings. The predicted molar refractivity (Wildman–Crippen MR) is 141 cm³/mol. The number of aromatic nitrogens is 1. The molecular weight excluding hydrogens is 422 g/mol. The lowest BCUT2D eigenvalue weighted by Crippen LogP contribution is -2.25. The van der Waals surface area contributed by atoms with Crippen LogP contribution >= 0.6 is 0 Å². The maximum absolute atomic E-state index is 12.2. The maximum atomic E-state index is 12.2. The highest BCUT2D eigenvalue weighted by Crippen LogP contribution is 2.22. The summed E-state index contributed by atoms with van der Waals surface area (Å²) in [4.78, 5) is 20.5. The Bertz CT molecular complexity index is 1130. The molecule has 1 aliphatic rings. The van der Waals surface area contributed by atoms with Gasteiger partial charge in [-0.3, -0.25) is 20.1 Å². The van der Waals surface area contributed by atoms with E-state index in [4.69, 9.17) is 4.74 Å². The van der Waals surface area contributed by atoms with Gasteiger partial charge < -0.3 is 4.74 Å². The van der Waals surface area contributed by atoms with E-state index in [0.717, 1.165) is 16.7 Å². The van der Waals surface area contributed by atoms with Crippen LogP contribution in [-0.4, -0.2) is 23.1 Å². The molecular formula is C29H33N3O2. The van der Waals surface area contributed by atoms with Gasteiger partial charge in [-0.2, -0.15) is 0 Å². The molecule has 0 radical (unpaired) electrons. The fraction of sp³-hybridized carbons (Fsp3) is 0.207. The van der Waals surface area contributed by atoms with Gasteiger partial charge in [-0.15, -0.1) is 0 Å². The van der Waals surface area contributed by atoms with Gasteiger partial charge in [0.1, 0.15) is 5.75 Å². The van der Waals surface area contributed by atoms with E-state index >= 15 is 0 Å². The van der Waals surface area contributed by atoms with Crippen LogP contribution in [0.2, 0.25) is 0 Å². The molecule has 1 amide bonds. The molecule has 1 aliphatic heterocycles. The highest BCUT2D eigenvalue weighted by atomic mass is 16.5. The van der Waals surface area contributed by atoms with Crippen molar-refractivity contribution in [3.8, 4) is 5.75 Å². The second kappa shape index (κ2) is 13.5. The zero-order valence-electron chi connectivity index (χ0n) is 20.6. The number of ether oxygens (including phenoxy) is 1. The first-order valence-corrected chi connectivity index (χ1v) is 11.4. The molecule has 0 saturated heterocycles. The van der Waals surface area contributed by atoms with Crippen LogP contribution < -0.4 is 10.1 Å². The summed E-state index contributed by atoms with van der Waals surface area (Å²) < 4.78 is 5.59. The van der Waals surface area contributed by atoms with Crippen LogP contribution in [0.25, 0.3) is 5.57 Å². The van der Waals surface area contributed by atoms with Crippen molar-refractivity contribution in [2.24, 2.45) is 4.99 Å². The zero-order valence-corrected chi connectivity index (χ0v) is 20.6. The Kier molecular flexibility index (Phi) is 10.5. The Morgan fingerprint density at radius 3 is 2.21 bits per heavy atom. The van der Waals surface area contributed by atoms with E-state index in [-0.39, 0.29) is 17.8 Å².